The first-order valence-electron chi connectivity index (χ1n) is 5.62. The van der Waals surface area contributed by atoms with Crippen LogP contribution >= 0.6 is 0 Å². The predicted octanol–water partition coefficient (Wildman–Crippen LogP) is 1.90. The number of aromatic nitrogens is 1. The third kappa shape index (κ3) is 4.20. The summed E-state index contributed by atoms with van der Waals surface area (Å²) in [6.45, 7) is 4.53. The Morgan fingerprint density at radius 2 is 2.00 bits per heavy atom. The summed E-state index contributed by atoms with van der Waals surface area (Å²) in [5.41, 5.74) is 0.903. The Morgan fingerprint density at radius 1 is 1.29 bits per heavy atom. The lowest BCUT2D eigenvalue weighted by molar-refractivity contribution is -0.109. The van der Waals surface area contributed by atoms with Gasteiger partial charge in [-0.1, -0.05) is 0 Å². The van der Waals surface area contributed by atoms with Crippen LogP contribution in [0.1, 0.15) is 13.8 Å². The molecule has 0 aliphatic rings. The van der Waals surface area contributed by atoms with Gasteiger partial charge in [-0.2, -0.15) is 0 Å². The van der Waals surface area contributed by atoms with Crippen molar-refractivity contribution in [2.75, 3.05) is 26.1 Å². The topological polar surface area (TPSA) is 52.6 Å². The summed E-state index contributed by atoms with van der Waals surface area (Å²) < 4.78 is 15.6. The van der Waals surface area contributed by atoms with Crippen LogP contribution in [0.15, 0.2) is 18.3 Å². The van der Waals surface area contributed by atoms with E-state index in [-0.39, 0.29) is 12.3 Å². The number of nitrogens with zero attached hydrogens (tertiary/aromatic N) is 1. The first-order chi connectivity index (χ1) is 8.21. The number of anilines is 1. The van der Waals surface area contributed by atoms with E-state index in [0.29, 0.717) is 12.5 Å². The molecule has 0 bridgehead atoms. The van der Waals surface area contributed by atoms with Crippen LogP contribution < -0.4 is 10.1 Å². The third-order valence-electron chi connectivity index (χ3n) is 2.30. The van der Waals surface area contributed by atoms with Crippen LogP contribution in [0.25, 0.3) is 0 Å². The molecule has 0 saturated heterocycles. The number of hydrogen-bond acceptors (Lipinski definition) is 5. The van der Waals surface area contributed by atoms with Gasteiger partial charge in [0, 0.05) is 20.3 Å². The van der Waals surface area contributed by atoms with Gasteiger partial charge in [-0.15, -0.1) is 0 Å². The Balaban J connectivity index is 2.56. The molecule has 0 aliphatic carbocycles. The fraction of sp³-hybridized carbons (Fsp3) is 0.583. The van der Waals surface area contributed by atoms with Gasteiger partial charge in [0.1, 0.15) is 0 Å². The zero-order valence-corrected chi connectivity index (χ0v) is 10.8. The highest BCUT2D eigenvalue weighted by Gasteiger charge is 2.15. The normalized spacial score (nSPS) is 12.5. The largest absolute Gasteiger partial charge is 0.478 e. The van der Waals surface area contributed by atoms with Gasteiger partial charge in [0.15, 0.2) is 6.29 Å². The minimum absolute atomic E-state index is 0.0322. The van der Waals surface area contributed by atoms with Gasteiger partial charge in [-0.05, 0) is 19.9 Å². The van der Waals surface area contributed by atoms with E-state index in [1.165, 1.54) is 0 Å². The Bertz CT molecular complexity index is 312. The number of rotatable bonds is 7. The van der Waals surface area contributed by atoms with E-state index in [1.807, 2.05) is 26.0 Å². The van der Waals surface area contributed by atoms with Gasteiger partial charge in [0.2, 0.25) is 5.88 Å². The molecule has 1 unspecified atom stereocenters. The lowest BCUT2D eigenvalue weighted by Crippen LogP contribution is -2.33. The van der Waals surface area contributed by atoms with Gasteiger partial charge in [-0.25, -0.2) is 4.98 Å². The summed E-state index contributed by atoms with van der Waals surface area (Å²) in [5.74, 6) is 0.626. The number of nitrogens with one attached hydrogen (secondary N) is 1. The second-order valence-electron chi connectivity index (χ2n) is 3.59. The van der Waals surface area contributed by atoms with E-state index in [2.05, 4.69) is 10.3 Å². The predicted molar refractivity (Wildman–Crippen MR) is 66.3 cm³/mol. The molecule has 1 rings (SSSR count). The highest BCUT2D eigenvalue weighted by atomic mass is 16.7. The molecule has 5 nitrogen and oxygen atoms in total. The molecule has 1 aromatic rings. The summed E-state index contributed by atoms with van der Waals surface area (Å²) in [6, 6.07) is 3.77. The second kappa shape index (κ2) is 7.09. The van der Waals surface area contributed by atoms with Crippen molar-refractivity contribution in [3.8, 4) is 5.88 Å². The van der Waals surface area contributed by atoms with Gasteiger partial charge in [-0.3, -0.25) is 0 Å². The summed E-state index contributed by atoms with van der Waals surface area (Å²) in [4.78, 5) is 4.17. The second-order valence-corrected chi connectivity index (χ2v) is 3.59. The monoisotopic (exact) mass is 240 g/mol. The zero-order chi connectivity index (χ0) is 12.7. The fourth-order valence-corrected chi connectivity index (χ4v) is 1.53. The molecule has 1 N–H and O–H groups in total. The Hall–Kier alpha value is -1.33. The van der Waals surface area contributed by atoms with Crippen molar-refractivity contribution in [1.29, 1.82) is 0 Å². The molecule has 0 aliphatic heterocycles. The molecule has 0 radical (unpaired) electrons. The molecular weight excluding hydrogens is 220 g/mol. The highest BCUT2D eigenvalue weighted by molar-refractivity contribution is 5.42. The van der Waals surface area contributed by atoms with E-state index in [4.69, 9.17) is 14.2 Å². The maximum atomic E-state index is 5.27. The zero-order valence-electron chi connectivity index (χ0n) is 10.8. The average molecular weight is 240 g/mol. The van der Waals surface area contributed by atoms with Crippen LogP contribution in [0.5, 0.6) is 5.88 Å². The number of hydrogen-bond donors (Lipinski definition) is 1. The number of methoxy groups -OCH3 is 2. The Kier molecular flexibility index (Phi) is 5.72. The first-order valence-corrected chi connectivity index (χ1v) is 5.62. The molecule has 5 heteroatoms. The molecule has 1 heterocycles. The minimum atomic E-state index is -0.290. The van der Waals surface area contributed by atoms with E-state index in [0.717, 1.165) is 5.69 Å². The molecule has 0 fully saturated rings. The van der Waals surface area contributed by atoms with E-state index in [9.17, 15) is 0 Å². The molecule has 0 spiro atoms. The van der Waals surface area contributed by atoms with Crippen molar-refractivity contribution in [1.82, 2.24) is 4.98 Å². The number of pyridine rings is 1. The minimum Gasteiger partial charge on any atom is -0.478 e. The average Bonchev–Trinajstić information content (AvgIpc) is 2.33. The van der Waals surface area contributed by atoms with E-state index < -0.39 is 0 Å². The molecule has 17 heavy (non-hydrogen) atoms. The lowest BCUT2D eigenvalue weighted by atomic mass is 10.3. The van der Waals surface area contributed by atoms with Gasteiger partial charge in [0.05, 0.1) is 24.5 Å². The first kappa shape index (κ1) is 13.7. The van der Waals surface area contributed by atoms with Gasteiger partial charge >= 0.3 is 0 Å². The van der Waals surface area contributed by atoms with Gasteiger partial charge in [0.25, 0.3) is 0 Å². The van der Waals surface area contributed by atoms with Crippen LogP contribution in [0, 0.1) is 0 Å². The molecular formula is C12H20N2O3. The maximum Gasteiger partial charge on any atom is 0.213 e. The Morgan fingerprint density at radius 3 is 2.47 bits per heavy atom. The summed E-state index contributed by atoms with van der Waals surface area (Å²) in [7, 11) is 3.23. The van der Waals surface area contributed by atoms with Crippen LogP contribution in [0.4, 0.5) is 5.69 Å². The van der Waals surface area contributed by atoms with Crippen molar-refractivity contribution in [2.24, 2.45) is 0 Å². The van der Waals surface area contributed by atoms with Crippen molar-refractivity contribution in [3.63, 3.8) is 0 Å². The fourth-order valence-electron chi connectivity index (χ4n) is 1.53. The standard InChI is InChI=1S/C12H20N2O3/c1-5-17-11-7-6-10(8-13-11)14-9(2)12(15-3)16-4/h6-9,12,14H,5H2,1-4H3. The summed E-state index contributed by atoms with van der Waals surface area (Å²) in [5, 5.41) is 3.25. The highest BCUT2D eigenvalue weighted by Crippen LogP contribution is 2.14. The molecule has 1 aromatic heterocycles. The van der Waals surface area contributed by atoms with Crippen LogP contribution in [-0.2, 0) is 9.47 Å². The molecule has 96 valence electrons. The molecule has 0 saturated carbocycles. The maximum absolute atomic E-state index is 5.27. The van der Waals surface area contributed by atoms with Crippen molar-refractivity contribution >= 4 is 5.69 Å². The van der Waals surface area contributed by atoms with Crippen LogP contribution in [-0.4, -0.2) is 38.1 Å². The van der Waals surface area contributed by atoms with Gasteiger partial charge < -0.3 is 19.5 Å². The summed E-state index contributed by atoms with van der Waals surface area (Å²) >= 11 is 0. The molecule has 1 atom stereocenters. The van der Waals surface area contributed by atoms with E-state index >= 15 is 0 Å². The van der Waals surface area contributed by atoms with E-state index in [1.54, 1.807) is 20.4 Å². The van der Waals surface area contributed by atoms with Crippen LogP contribution in [0.3, 0.4) is 0 Å². The van der Waals surface area contributed by atoms with Crippen molar-refractivity contribution < 1.29 is 14.2 Å². The Labute approximate surface area is 102 Å². The number of ether oxygens (including phenoxy) is 3. The smallest absolute Gasteiger partial charge is 0.213 e. The van der Waals surface area contributed by atoms with Crippen LogP contribution in [0.2, 0.25) is 0 Å². The third-order valence-corrected chi connectivity index (χ3v) is 2.30. The van der Waals surface area contributed by atoms with Crippen molar-refractivity contribution in [2.45, 2.75) is 26.2 Å². The quantitative estimate of drug-likeness (QED) is 0.738. The lowest BCUT2D eigenvalue weighted by Gasteiger charge is -2.22. The SMILES string of the molecule is CCOc1ccc(NC(C)C(OC)OC)cn1. The summed E-state index contributed by atoms with van der Waals surface area (Å²) in [6.07, 6.45) is 1.44. The molecule has 0 amide bonds. The van der Waals surface area contributed by atoms with Crippen molar-refractivity contribution in [3.05, 3.63) is 18.3 Å². The molecule has 0 aromatic carbocycles.